The van der Waals surface area contributed by atoms with Crippen molar-refractivity contribution in [2.45, 2.75) is 32.2 Å². The van der Waals surface area contributed by atoms with Crippen molar-refractivity contribution in [3.05, 3.63) is 0 Å². The van der Waals surface area contributed by atoms with E-state index in [1.807, 2.05) is 0 Å². The molecule has 2 aliphatic heterocycles. The van der Waals surface area contributed by atoms with Gasteiger partial charge in [-0.1, -0.05) is 12.1 Å². The van der Waals surface area contributed by atoms with Crippen LogP contribution in [0.1, 0.15) is 26.2 Å². The molecular formula is C10H18N2O. The van der Waals surface area contributed by atoms with Gasteiger partial charge in [0.05, 0.1) is 5.71 Å². The molecule has 13 heavy (non-hydrogen) atoms. The van der Waals surface area contributed by atoms with Gasteiger partial charge < -0.3 is 10.1 Å². The zero-order valence-electron chi connectivity index (χ0n) is 8.40. The molecule has 1 saturated carbocycles. The summed E-state index contributed by atoms with van der Waals surface area (Å²) in [5, 5.41) is 12.2. The summed E-state index contributed by atoms with van der Waals surface area (Å²) in [4.78, 5) is 2.43. The molecule has 0 unspecified atom stereocenters. The minimum Gasteiger partial charge on any atom is -0.411 e. The highest BCUT2D eigenvalue weighted by Gasteiger charge is 2.36. The van der Waals surface area contributed by atoms with Gasteiger partial charge in [-0.05, 0) is 31.7 Å². The molecule has 0 spiro atoms. The molecule has 1 aliphatic carbocycles. The third-order valence-electron chi connectivity index (χ3n) is 3.58. The summed E-state index contributed by atoms with van der Waals surface area (Å²) in [7, 11) is 2.19. The van der Waals surface area contributed by atoms with Crippen molar-refractivity contribution in [2.24, 2.45) is 17.0 Å². The predicted molar refractivity (Wildman–Crippen MR) is 52.1 cm³/mol. The molecule has 1 N–H and O–H groups in total. The van der Waals surface area contributed by atoms with E-state index in [4.69, 9.17) is 5.21 Å². The van der Waals surface area contributed by atoms with Crippen molar-refractivity contribution in [2.75, 3.05) is 13.6 Å². The first kappa shape index (κ1) is 9.00. The molecule has 0 amide bonds. The lowest BCUT2D eigenvalue weighted by atomic mass is 9.86. The summed E-state index contributed by atoms with van der Waals surface area (Å²) in [5.74, 6) is 1.47. The van der Waals surface area contributed by atoms with Crippen LogP contribution in [0.5, 0.6) is 0 Å². The van der Waals surface area contributed by atoms with Crippen LogP contribution < -0.4 is 0 Å². The Hall–Kier alpha value is -0.570. The van der Waals surface area contributed by atoms with Gasteiger partial charge in [0.1, 0.15) is 0 Å². The van der Waals surface area contributed by atoms with Crippen LogP contribution in [0.4, 0.5) is 0 Å². The van der Waals surface area contributed by atoms with Crippen LogP contribution in [-0.2, 0) is 0 Å². The average Bonchev–Trinajstić information content (AvgIpc) is 2.32. The lowest BCUT2D eigenvalue weighted by Gasteiger charge is -2.38. The van der Waals surface area contributed by atoms with Gasteiger partial charge in [0.25, 0.3) is 0 Å². The molecule has 2 saturated heterocycles. The van der Waals surface area contributed by atoms with Crippen molar-refractivity contribution in [1.82, 2.24) is 4.90 Å². The Labute approximate surface area is 79.4 Å². The topological polar surface area (TPSA) is 35.8 Å². The smallest absolute Gasteiger partial charge is 0.0589 e. The van der Waals surface area contributed by atoms with Gasteiger partial charge in [0.2, 0.25) is 0 Å². The molecular weight excluding hydrogens is 164 g/mol. The van der Waals surface area contributed by atoms with Crippen LogP contribution in [0.3, 0.4) is 0 Å². The van der Waals surface area contributed by atoms with Gasteiger partial charge in [-0.3, -0.25) is 0 Å². The number of hydrogen-bond acceptors (Lipinski definition) is 3. The minimum absolute atomic E-state index is 0.602. The van der Waals surface area contributed by atoms with Gasteiger partial charge in [0.15, 0.2) is 0 Å². The molecule has 3 nitrogen and oxygen atoms in total. The third kappa shape index (κ3) is 1.57. The number of rotatable bonds is 0. The minimum atomic E-state index is 0.602. The maximum absolute atomic E-state index is 8.82. The monoisotopic (exact) mass is 182 g/mol. The van der Waals surface area contributed by atoms with Crippen LogP contribution in [0.15, 0.2) is 5.16 Å². The lowest BCUT2D eigenvalue weighted by molar-refractivity contribution is 0.106. The molecule has 3 aliphatic rings. The third-order valence-corrected chi connectivity index (χ3v) is 3.58. The summed E-state index contributed by atoms with van der Waals surface area (Å²) in [6.07, 6.45) is 3.26. The van der Waals surface area contributed by atoms with E-state index < -0.39 is 0 Å². The molecule has 3 fully saturated rings. The Bertz CT molecular complexity index is 215. The van der Waals surface area contributed by atoms with E-state index in [1.54, 1.807) is 0 Å². The zero-order chi connectivity index (χ0) is 9.42. The summed E-state index contributed by atoms with van der Waals surface area (Å²) in [5.41, 5.74) is 1.00. The van der Waals surface area contributed by atoms with Crippen LogP contribution in [0.25, 0.3) is 0 Å². The highest BCUT2D eigenvalue weighted by molar-refractivity contribution is 5.85. The van der Waals surface area contributed by atoms with E-state index in [2.05, 4.69) is 24.0 Å². The molecule has 74 valence electrons. The van der Waals surface area contributed by atoms with Gasteiger partial charge in [-0.25, -0.2) is 0 Å². The number of nitrogens with zero attached hydrogens (tertiary/aromatic N) is 2. The largest absolute Gasteiger partial charge is 0.411 e. The van der Waals surface area contributed by atoms with Crippen molar-refractivity contribution < 1.29 is 5.21 Å². The van der Waals surface area contributed by atoms with Crippen LogP contribution in [0, 0.1) is 11.8 Å². The first-order valence-electron chi connectivity index (χ1n) is 5.10. The Morgan fingerprint density at radius 3 is 2.85 bits per heavy atom. The van der Waals surface area contributed by atoms with E-state index in [9.17, 15) is 0 Å². The van der Waals surface area contributed by atoms with Gasteiger partial charge in [-0.15, -0.1) is 0 Å². The number of oxime groups is 1. The maximum atomic E-state index is 8.82. The first-order chi connectivity index (χ1) is 6.20. The highest BCUT2D eigenvalue weighted by Crippen LogP contribution is 2.34. The Balaban J connectivity index is 2.21. The fourth-order valence-corrected chi connectivity index (χ4v) is 2.98. The number of hydrogen-bond donors (Lipinski definition) is 1. The molecule has 0 aromatic heterocycles. The van der Waals surface area contributed by atoms with Crippen molar-refractivity contribution in [3.8, 4) is 0 Å². The fraction of sp³-hybridized carbons (Fsp3) is 0.900. The van der Waals surface area contributed by atoms with Crippen molar-refractivity contribution >= 4 is 5.71 Å². The van der Waals surface area contributed by atoms with Crippen molar-refractivity contribution in [1.29, 1.82) is 0 Å². The fourth-order valence-electron chi connectivity index (χ4n) is 2.98. The SMILES string of the molecule is C[C@H]1C[C@@H]2C/C(=N\O)C[C@@H]1N(C)C2. The van der Waals surface area contributed by atoms with E-state index in [-0.39, 0.29) is 0 Å². The first-order valence-corrected chi connectivity index (χ1v) is 5.10. The Morgan fingerprint density at radius 2 is 2.23 bits per heavy atom. The van der Waals surface area contributed by atoms with Crippen molar-refractivity contribution in [3.63, 3.8) is 0 Å². The van der Waals surface area contributed by atoms with E-state index in [0.717, 1.165) is 24.5 Å². The summed E-state index contributed by atoms with van der Waals surface area (Å²) < 4.78 is 0. The second-order valence-electron chi connectivity index (χ2n) is 4.66. The molecule has 2 bridgehead atoms. The summed E-state index contributed by atoms with van der Waals surface area (Å²) >= 11 is 0. The molecule has 3 rings (SSSR count). The second kappa shape index (κ2) is 3.29. The van der Waals surface area contributed by atoms with Gasteiger partial charge in [-0.2, -0.15) is 0 Å². The zero-order valence-corrected chi connectivity index (χ0v) is 8.40. The summed E-state index contributed by atoms with van der Waals surface area (Å²) in [6.45, 7) is 3.49. The van der Waals surface area contributed by atoms with Gasteiger partial charge >= 0.3 is 0 Å². The highest BCUT2D eigenvalue weighted by atomic mass is 16.4. The predicted octanol–water partition coefficient (Wildman–Crippen LogP) is 1.57. The quantitative estimate of drug-likeness (QED) is 0.456. The lowest BCUT2D eigenvalue weighted by Crippen LogP contribution is -2.43. The normalized spacial score (nSPS) is 43.8. The maximum Gasteiger partial charge on any atom is 0.0589 e. The summed E-state index contributed by atoms with van der Waals surface area (Å²) in [6, 6.07) is 0.602. The molecule has 0 aromatic carbocycles. The van der Waals surface area contributed by atoms with E-state index >= 15 is 0 Å². The van der Waals surface area contributed by atoms with Crippen LogP contribution in [-0.4, -0.2) is 35.5 Å². The average molecular weight is 182 g/mol. The number of fused-ring (bicyclic) bond motifs is 4. The van der Waals surface area contributed by atoms with E-state index in [1.165, 1.54) is 13.0 Å². The number of piperidine rings is 1. The second-order valence-corrected chi connectivity index (χ2v) is 4.66. The van der Waals surface area contributed by atoms with Gasteiger partial charge in [0, 0.05) is 19.0 Å². The van der Waals surface area contributed by atoms with Crippen LogP contribution >= 0.6 is 0 Å². The Morgan fingerprint density at radius 1 is 1.46 bits per heavy atom. The molecule has 0 radical (unpaired) electrons. The molecule has 3 heteroatoms. The molecule has 3 atom stereocenters. The van der Waals surface area contributed by atoms with Crippen LogP contribution in [0.2, 0.25) is 0 Å². The standard InChI is InChI=1S/C10H18N2O/c1-7-3-8-4-9(11-13)5-10(7)12(2)6-8/h7-8,10,13H,3-6H2,1-2H3/b11-9+/t7-,8+,10-/m0/s1. The molecule has 2 heterocycles. The van der Waals surface area contributed by atoms with E-state index in [0.29, 0.717) is 12.0 Å². The molecule has 0 aromatic rings. The Kier molecular flexibility index (Phi) is 2.28.